The molecule has 132 valence electrons. The SMILES string of the molecule is CN=C(NCCNC(=O)C(C)C)NCC1(c2ccccc2F)CC1. The van der Waals surface area contributed by atoms with Crippen LogP contribution in [0.15, 0.2) is 29.3 Å². The van der Waals surface area contributed by atoms with Gasteiger partial charge in [-0.1, -0.05) is 32.0 Å². The van der Waals surface area contributed by atoms with Crippen molar-refractivity contribution in [2.24, 2.45) is 10.9 Å². The van der Waals surface area contributed by atoms with Crippen LogP contribution in [0, 0.1) is 11.7 Å². The fourth-order valence-corrected chi connectivity index (χ4v) is 2.63. The highest BCUT2D eigenvalue weighted by Gasteiger charge is 2.45. The Labute approximate surface area is 143 Å². The van der Waals surface area contributed by atoms with Crippen LogP contribution in [0.3, 0.4) is 0 Å². The molecular weight excluding hydrogens is 307 g/mol. The lowest BCUT2D eigenvalue weighted by atomic mass is 9.95. The molecule has 6 heteroatoms. The van der Waals surface area contributed by atoms with Gasteiger partial charge in [0.2, 0.25) is 5.91 Å². The fourth-order valence-electron chi connectivity index (χ4n) is 2.63. The minimum atomic E-state index is -0.142. The van der Waals surface area contributed by atoms with E-state index < -0.39 is 0 Å². The van der Waals surface area contributed by atoms with Crippen molar-refractivity contribution in [2.75, 3.05) is 26.7 Å². The summed E-state index contributed by atoms with van der Waals surface area (Å²) in [5, 5.41) is 9.27. The van der Waals surface area contributed by atoms with E-state index in [-0.39, 0.29) is 23.1 Å². The molecule has 0 radical (unpaired) electrons. The molecule has 1 saturated carbocycles. The number of nitrogens with zero attached hydrogens (tertiary/aromatic N) is 1. The molecule has 1 aromatic carbocycles. The first kappa shape index (κ1) is 18.2. The Balaban J connectivity index is 1.78. The molecule has 0 aromatic heterocycles. The normalized spacial score (nSPS) is 16.0. The van der Waals surface area contributed by atoms with Gasteiger partial charge in [0, 0.05) is 38.0 Å². The Morgan fingerprint density at radius 1 is 1.21 bits per heavy atom. The van der Waals surface area contributed by atoms with Crippen molar-refractivity contribution in [3.05, 3.63) is 35.6 Å². The lowest BCUT2D eigenvalue weighted by Gasteiger charge is -2.19. The van der Waals surface area contributed by atoms with Gasteiger partial charge in [-0.25, -0.2) is 4.39 Å². The van der Waals surface area contributed by atoms with Gasteiger partial charge < -0.3 is 16.0 Å². The maximum atomic E-state index is 14.0. The molecule has 0 bridgehead atoms. The van der Waals surface area contributed by atoms with Crippen LogP contribution in [0.5, 0.6) is 0 Å². The Hall–Kier alpha value is -2.11. The zero-order valence-corrected chi connectivity index (χ0v) is 14.7. The van der Waals surface area contributed by atoms with Crippen molar-refractivity contribution >= 4 is 11.9 Å². The Morgan fingerprint density at radius 3 is 2.46 bits per heavy atom. The first-order valence-electron chi connectivity index (χ1n) is 8.46. The van der Waals surface area contributed by atoms with Gasteiger partial charge in [0.15, 0.2) is 5.96 Å². The second kappa shape index (κ2) is 8.13. The van der Waals surface area contributed by atoms with E-state index in [9.17, 15) is 9.18 Å². The lowest BCUT2D eigenvalue weighted by Crippen LogP contribution is -2.44. The standard InChI is InChI=1S/C18H27FN4O/c1-13(2)16(24)21-10-11-22-17(20-3)23-12-18(8-9-18)14-6-4-5-7-15(14)19/h4-7,13H,8-12H2,1-3H3,(H,21,24)(H2,20,22,23). The van der Waals surface area contributed by atoms with Crippen LogP contribution in [-0.2, 0) is 10.2 Å². The van der Waals surface area contributed by atoms with Crippen LogP contribution < -0.4 is 16.0 Å². The topological polar surface area (TPSA) is 65.5 Å². The van der Waals surface area contributed by atoms with Crippen LogP contribution in [0.1, 0.15) is 32.3 Å². The second-order valence-corrected chi connectivity index (χ2v) is 6.56. The van der Waals surface area contributed by atoms with E-state index in [0.717, 1.165) is 18.4 Å². The molecule has 1 aliphatic rings. The number of guanidine groups is 1. The summed E-state index contributed by atoms with van der Waals surface area (Å²) in [7, 11) is 1.70. The van der Waals surface area contributed by atoms with E-state index >= 15 is 0 Å². The number of amides is 1. The smallest absolute Gasteiger partial charge is 0.222 e. The number of nitrogens with one attached hydrogen (secondary N) is 3. The highest BCUT2D eigenvalue weighted by Crippen LogP contribution is 2.48. The summed E-state index contributed by atoms with van der Waals surface area (Å²) < 4.78 is 14.0. The van der Waals surface area contributed by atoms with Crippen molar-refractivity contribution in [2.45, 2.75) is 32.1 Å². The molecule has 24 heavy (non-hydrogen) atoms. The number of carbonyl (C=O) groups is 1. The molecule has 0 unspecified atom stereocenters. The number of hydrogen-bond donors (Lipinski definition) is 3. The summed E-state index contributed by atoms with van der Waals surface area (Å²) in [4.78, 5) is 15.7. The van der Waals surface area contributed by atoms with E-state index in [4.69, 9.17) is 0 Å². The van der Waals surface area contributed by atoms with Crippen molar-refractivity contribution in [1.82, 2.24) is 16.0 Å². The second-order valence-electron chi connectivity index (χ2n) is 6.56. The van der Waals surface area contributed by atoms with Crippen molar-refractivity contribution in [3.63, 3.8) is 0 Å². The number of benzene rings is 1. The van der Waals surface area contributed by atoms with Gasteiger partial charge in [-0.2, -0.15) is 0 Å². The average Bonchev–Trinajstić information content (AvgIpc) is 3.35. The number of halogens is 1. The summed E-state index contributed by atoms with van der Waals surface area (Å²) in [5.74, 6) is 0.543. The fraction of sp³-hybridized carbons (Fsp3) is 0.556. The zero-order valence-electron chi connectivity index (χ0n) is 14.7. The van der Waals surface area contributed by atoms with Gasteiger partial charge in [-0.15, -0.1) is 0 Å². The third-order valence-electron chi connectivity index (χ3n) is 4.36. The number of aliphatic imine (C=N–C) groups is 1. The Kier molecular flexibility index (Phi) is 6.17. The van der Waals surface area contributed by atoms with Crippen LogP contribution in [0.2, 0.25) is 0 Å². The van der Waals surface area contributed by atoms with E-state index in [1.54, 1.807) is 13.1 Å². The highest BCUT2D eigenvalue weighted by molar-refractivity contribution is 5.80. The zero-order chi connectivity index (χ0) is 17.6. The molecule has 5 nitrogen and oxygen atoms in total. The molecule has 0 atom stereocenters. The number of hydrogen-bond acceptors (Lipinski definition) is 2. The van der Waals surface area contributed by atoms with Gasteiger partial charge in [-0.05, 0) is 24.5 Å². The summed E-state index contributed by atoms with van der Waals surface area (Å²) >= 11 is 0. The molecule has 1 aliphatic carbocycles. The third-order valence-corrected chi connectivity index (χ3v) is 4.36. The summed E-state index contributed by atoms with van der Waals surface area (Å²) in [5.41, 5.74) is 0.645. The van der Waals surface area contributed by atoms with Gasteiger partial charge in [0.25, 0.3) is 0 Å². The quantitative estimate of drug-likeness (QED) is 0.405. The van der Waals surface area contributed by atoms with E-state index in [0.29, 0.717) is 25.6 Å². The molecule has 0 spiro atoms. The molecule has 0 aliphatic heterocycles. The third kappa shape index (κ3) is 4.69. The monoisotopic (exact) mass is 334 g/mol. The minimum absolute atomic E-state index is 0.0158. The minimum Gasteiger partial charge on any atom is -0.356 e. The van der Waals surface area contributed by atoms with Crippen molar-refractivity contribution in [1.29, 1.82) is 0 Å². The average molecular weight is 334 g/mol. The lowest BCUT2D eigenvalue weighted by molar-refractivity contribution is -0.123. The van der Waals surface area contributed by atoms with Crippen molar-refractivity contribution in [3.8, 4) is 0 Å². The molecule has 0 saturated heterocycles. The predicted octanol–water partition coefficient (Wildman–Crippen LogP) is 1.79. The van der Waals surface area contributed by atoms with Crippen LogP contribution in [0.25, 0.3) is 0 Å². The van der Waals surface area contributed by atoms with Gasteiger partial charge >= 0.3 is 0 Å². The molecule has 1 aromatic rings. The van der Waals surface area contributed by atoms with Crippen molar-refractivity contribution < 1.29 is 9.18 Å². The largest absolute Gasteiger partial charge is 0.356 e. The first-order valence-corrected chi connectivity index (χ1v) is 8.46. The molecule has 0 heterocycles. The van der Waals surface area contributed by atoms with Gasteiger partial charge in [0.1, 0.15) is 5.82 Å². The maximum absolute atomic E-state index is 14.0. The van der Waals surface area contributed by atoms with E-state index in [1.807, 2.05) is 26.0 Å². The highest BCUT2D eigenvalue weighted by atomic mass is 19.1. The van der Waals surface area contributed by atoms with Crippen LogP contribution in [-0.4, -0.2) is 38.5 Å². The number of carbonyl (C=O) groups excluding carboxylic acids is 1. The molecule has 3 N–H and O–H groups in total. The molecule has 1 fully saturated rings. The van der Waals surface area contributed by atoms with Gasteiger partial charge in [-0.3, -0.25) is 9.79 Å². The predicted molar refractivity (Wildman–Crippen MR) is 94.5 cm³/mol. The Bertz CT molecular complexity index is 596. The summed E-state index contributed by atoms with van der Waals surface area (Å²) in [6, 6.07) is 6.97. The Morgan fingerprint density at radius 2 is 1.88 bits per heavy atom. The molecular formula is C18H27FN4O. The van der Waals surface area contributed by atoms with Gasteiger partial charge in [0.05, 0.1) is 0 Å². The number of rotatable bonds is 7. The maximum Gasteiger partial charge on any atom is 0.222 e. The molecule has 1 amide bonds. The van der Waals surface area contributed by atoms with Crippen LogP contribution in [0.4, 0.5) is 4.39 Å². The molecule has 2 rings (SSSR count). The first-order chi connectivity index (χ1) is 11.5. The van der Waals surface area contributed by atoms with E-state index in [2.05, 4.69) is 20.9 Å². The van der Waals surface area contributed by atoms with Crippen LogP contribution >= 0.6 is 0 Å². The summed E-state index contributed by atoms with van der Waals surface area (Å²) in [6.07, 6.45) is 1.95. The van der Waals surface area contributed by atoms with E-state index in [1.165, 1.54) is 6.07 Å². The summed E-state index contributed by atoms with van der Waals surface area (Å²) in [6.45, 7) is 5.50.